The van der Waals surface area contributed by atoms with Gasteiger partial charge in [-0.05, 0) is 24.6 Å². The van der Waals surface area contributed by atoms with Crippen LogP contribution in [0.3, 0.4) is 0 Å². The van der Waals surface area contributed by atoms with Crippen molar-refractivity contribution in [3.8, 4) is 0 Å². The second-order valence-corrected chi connectivity index (χ2v) is 6.82. The molecule has 1 atom stereocenters. The number of para-hydroxylation sites is 2. The molecular weight excluding hydrogens is 386 g/mol. The second kappa shape index (κ2) is 7.70. The molecule has 0 radical (unpaired) electrons. The van der Waals surface area contributed by atoms with Gasteiger partial charge in [0.15, 0.2) is 0 Å². The van der Waals surface area contributed by atoms with E-state index in [0.29, 0.717) is 28.1 Å². The van der Waals surface area contributed by atoms with Crippen LogP contribution < -0.4 is 16.7 Å². The van der Waals surface area contributed by atoms with E-state index in [1.165, 1.54) is 4.57 Å². The van der Waals surface area contributed by atoms with Crippen LogP contribution in [-0.4, -0.2) is 26.2 Å². The summed E-state index contributed by atoms with van der Waals surface area (Å²) in [6.07, 6.45) is 0. The number of fused-ring (bicyclic) bond motifs is 1. The predicted molar refractivity (Wildman–Crippen MR) is 109 cm³/mol. The number of carbonyl (C=O) groups excluding carboxylic acids is 2. The zero-order valence-corrected chi connectivity index (χ0v) is 16.1. The fourth-order valence-electron chi connectivity index (χ4n) is 3.36. The van der Waals surface area contributed by atoms with E-state index in [4.69, 9.17) is 10.3 Å². The molecule has 0 aliphatic heterocycles. The van der Waals surface area contributed by atoms with Crippen LogP contribution in [0, 0.1) is 6.92 Å². The first-order valence-corrected chi connectivity index (χ1v) is 9.23. The van der Waals surface area contributed by atoms with E-state index in [1.807, 2.05) is 0 Å². The number of carbonyl (C=O) groups is 2. The first-order valence-electron chi connectivity index (χ1n) is 9.23. The Kier molecular flexibility index (Phi) is 4.93. The van der Waals surface area contributed by atoms with Crippen LogP contribution in [0.2, 0.25) is 0 Å². The lowest BCUT2D eigenvalue weighted by Crippen LogP contribution is -2.43. The van der Waals surface area contributed by atoms with Crippen molar-refractivity contribution >= 4 is 23.0 Å². The Labute approximate surface area is 170 Å². The molecule has 30 heavy (non-hydrogen) atoms. The van der Waals surface area contributed by atoms with Crippen LogP contribution in [0.15, 0.2) is 70.0 Å². The van der Waals surface area contributed by atoms with Crippen molar-refractivity contribution in [2.75, 3.05) is 0 Å². The third kappa shape index (κ3) is 3.48. The van der Waals surface area contributed by atoms with Crippen molar-refractivity contribution in [3.63, 3.8) is 0 Å². The molecular formula is C21H19N5O4. The number of nitrogens with two attached hydrogens (primary N) is 1. The van der Waals surface area contributed by atoms with Crippen molar-refractivity contribution in [1.29, 1.82) is 0 Å². The van der Waals surface area contributed by atoms with Crippen molar-refractivity contribution in [1.82, 2.24) is 19.6 Å². The number of hydrogen-bond acceptors (Lipinski definition) is 5. The normalized spacial score (nSPS) is 12.0. The zero-order chi connectivity index (χ0) is 21.3. The van der Waals surface area contributed by atoms with Gasteiger partial charge < -0.3 is 15.6 Å². The van der Waals surface area contributed by atoms with E-state index in [9.17, 15) is 14.4 Å². The summed E-state index contributed by atoms with van der Waals surface area (Å²) in [5.74, 6) is -0.115. The first-order chi connectivity index (χ1) is 14.5. The molecule has 9 nitrogen and oxygen atoms in total. The van der Waals surface area contributed by atoms with Gasteiger partial charge in [0.1, 0.15) is 17.5 Å². The second-order valence-electron chi connectivity index (χ2n) is 6.82. The molecule has 2 amide bonds. The van der Waals surface area contributed by atoms with Crippen molar-refractivity contribution in [2.45, 2.75) is 19.5 Å². The van der Waals surface area contributed by atoms with E-state index in [1.54, 1.807) is 67.6 Å². The summed E-state index contributed by atoms with van der Waals surface area (Å²) in [5.41, 5.74) is 6.95. The minimum Gasteiger partial charge on any atom is -0.368 e. The monoisotopic (exact) mass is 405 g/mol. The van der Waals surface area contributed by atoms with E-state index in [-0.39, 0.29) is 6.54 Å². The van der Waals surface area contributed by atoms with Gasteiger partial charge in [-0.3, -0.25) is 9.36 Å². The highest BCUT2D eigenvalue weighted by Gasteiger charge is 2.24. The van der Waals surface area contributed by atoms with E-state index < -0.39 is 23.7 Å². The number of nitrogens with zero attached hydrogens (tertiary/aromatic N) is 3. The van der Waals surface area contributed by atoms with Gasteiger partial charge in [-0.25, -0.2) is 14.2 Å². The lowest BCUT2D eigenvalue weighted by Gasteiger charge is -2.16. The number of rotatable bonds is 5. The number of benzene rings is 2. The molecule has 3 N–H and O–H groups in total. The van der Waals surface area contributed by atoms with Gasteiger partial charge in [0.05, 0.1) is 17.6 Å². The Morgan fingerprint density at radius 2 is 1.77 bits per heavy atom. The topological polar surface area (TPSA) is 125 Å². The molecule has 0 unspecified atom stereocenters. The fourth-order valence-corrected chi connectivity index (χ4v) is 3.36. The molecule has 0 bridgehead atoms. The third-order valence-corrected chi connectivity index (χ3v) is 4.72. The maximum absolute atomic E-state index is 13.1. The molecule has 2 aromatic heterocycles. The molecule has 4 rings (SSSR count). The standard InChI is InChI=1S/C21H19N5O4/c1-13-11-15(24-30-13)12-25-16-9-5-6-10-17(16)26(21(25)29)20(28)23-18(19(22)27)14-7-3-2-4-8-14/h2-11,18H,12H2,1H3,(H2,22,27)(H,23,28)/t18-/m0/s1. The van der Waals surface area contributed by atoms with Crippen molar-refractivity contribution in [2.24, 2.45) is 5.73 Å². The van der Waals surface area contributed by atoms with Crippen molar-refractivity contribution in [3.05, 3.63) is 88.2 Å². The number of hydrogen-bond donors (Lipinski definition) is 2. The van der Waals surface area contributed by atoms with Crippen LogP contribution in [0.4, 0.5) is 4.79 Å². The van der Waals surface area contributed by atoms with Gasteiger partial charge in [0.2, 0.25) is 5.91 Å². The first kappa shape index (κ1) is 19.2. The van der Waals surface area contributed by atoms with Crippen molar-refractivity contribution < 1.29 is 14.1 Å². The maximum atomic E-state index is 13.1. The summed E-state index contributed by atoms with van der Waals surface area (Å²) in [5, 5.41) is 6.48. The van der Waals surface area contributed by atoms with Crippen LogP contribution in [0.5, 0.6) is 0 Å². The van der Waals surface area contributed by atoms with Gasteiger partial charge in [0, 0.05) is 6.07 Å². The molecule has 9 heteroatoms. The highest BCUT2D eigenvalue weighted by Crippen LogP contribution is 2.16. The zero-order valence-electron chi connectivity index (χ0n) is 16.1. The fraction of sp³-hybridized carbons (Fsp3) is 0.143. The number of amides is 2. The van der Waals surface area contributed by atoms with Crippen LogP contribution >= 0.6 is 0 Å². The lowest BCUT2D eigenvalue weighted by atomic mass is 10.1. The Morgan fingerprint density at radius 1 is 1.10 bits per heavy atom. The molecule has 152 valence electrons. The van der Waals surface area contributed by atoms with E-state index in [0.717, 1.165) is 4.57 Å². The third-order valence-electron chi connectivity index (χ3n) is 4.72. The molecule has 0 saturated carbocycles. The van der Waals surface area contributed by atoms with Gasteiger partial charge in [0.25, 0.3) is 0 Å². The summed E-state index contributed by atoms with van der Waals surface area (Å²) in [4.78, 5) is 38.1. The van der Waals surface area contributed by atoms with E-state index in [2.05, 4.69) is 10.5 Å². The Morgan fingerprint density at radius 3 is 2.40 bits per heavy atom. The lowest BCUT2D eigenvalue weighted by molar-refractivity contribution is -0.119. The number of aromatic nitrogens is 3. The maximum Gasteiger partial charge on any atom is 0.337 e. The Balaban J connectivity index is 1.75. The molecule has 2 aromatic carbocycles. The minimum absolute atomic E-state index is 0.134. The molecule has 0 fully saturated rings. The smallest absolute Gasteiger partial charge is 0.337 e. The number of primary amides is 1. The highest BCUT2D eigenvalue weighted by molar-refractivity contribution is 5.93. The number of aryl methyl sites for hydroxylation is 1. The quantitative estimate of drug-likeness (QED) is 0.525. The van der Waals surface area contributed by atoms with Crippen LogP contribution in [0.1, 0.15) is 23.1 Å². The Bertz CT molecular complexity index is 1290. The average molecular weight is 405 g/mol. The van der Waals surface area contributed by atoms with Gasteiger partial charge in [-0.1, -0.05) is 47.6 Å². The molecule has 0 saturated heterocycles. The summed E-state index contributed by atoms with van der Waals surface area (Å²) in [6.45, 7) is 1.89. The molecule has 0 aliphatic rings. The van der Waals surface area contributed by atoms with Gasteiger partial charge in [-0.2, -0.15) is 0 Å². The molecule has 0 spiro atoms. The molecule has 0 aliphatic carbocycles. The summed E-state index contributed by atoms with van der Waals surface area (Å²) < 4.78 is 7.48. The number of nitrogens with one attached hydrogen (secondary N) is 1. The Hall–Kier alpha value is -4.14. The van der Waals surface area contributed by atoms with Crippen LogP contribution in [0.25, 0.3) is 11.0 Å². The predicted octanol–water partition coefficient (Wildman–Crippen LogP) is 1.93. The molecule has 4 aromatic rings. The highest BCUT2D eigenvalue weighted by atomic mass is 16.5. The molecule has 2 heterocycles. The minimum atomic E-state index is -1.08. The van der Waals surface area contributed by atoms with E-state index >= 15 is 0 Å². The SMILES string of the molecule is Cc1cc(Cn2c(=O)n(C(=O)N[C@H](C(N)=O)c3ccccc3)c3ccccc32)no1. The summed E-state index contributed by atoms with van der Waals surface area (Å²) >= 11 is 0. The van der Waals surface area contributed by atoms with Crippen LogP contribution in [-0.2, 0) is 11.3 Å². The van der Waals surface area contributed by atoms with Gasteiger partial charge >= 0.3 is 11.7 Å². The summed E-state index contributed by atoms with van der Waals surface area (Å²) in [7, 11) is 0. The largest absolute Gasteiger partial charge is 0.368 e. The summed E-state index contributed by atoms with van der Waals surface area (Å²) in [6, 6.07) is 15.4. The average Bonchev–Trinajstić information content (AvgIpc) is 3.27. The number of imidazole rings is 1. The van der Waals surface area contributed by atoms with Gasteiger partial charge in [-0.15, -0.1) is 0 Å².